The molecule has 1 aromatic heterocycles. The Hall–Kier alpha value is -1.39. The summed E-state index contributed by atoms with van der Waals surface area (Å²) in [6.07, 6.45) is 0. The van der Waals surface area contributed by atoms with Crippen molar-refractivity contribution >= 4 is 11.6 Å². The van der Waals surface area contributed by atoms with Crippen molar-refractivity contribution in [2.75, 3.05) is 0 Å². The number of benzene rings is 1. The quantitative estimate of drug-likeness (QED) is 0.921. The van der Waals surface area contributed by atoms with Crippen LogP contribution in [0.15, 0.2) is 28.8 Å². The summed E-state index contributed by atoms with van der Waals surface area (Å²) in [4.78, 5) is 0. The predicted molar refractivity (Wildman–Crippen MR) is 68.7 cm³/mol. The first-order valence-corrected chi connectivity index (χ1v) is 6.04. The van der Waals surface area contributed by atoms with Crippen LogP contribution in [0.4, 0.5) is 4.39 Å². The molecule has 0 saturated carbocycles. The molecule has 96 valence electrons. The molecule has 1 aromatic carbocycles. The van der Waals surface area contributed by atoms with Gasteiger partial charge in [-0.05, 0) is 24.1 Å². The smallest absolute Gasteiger partial charge is 0.154 e. The van der Waals surface area contributed by atoms with Crippen LogP contribution < -0.4 is 5.73 Å². The third kappa shape index (κ3) is 2.71. The van der Waals surface area contributed by atoms with Crippen molar-refractivity contribution in [2.24, 2.45) is 11.7 Å². The zero-order valence-electron chi connectivity index (χ0n) is 10.2. The van der Waals surface area contributed by atoms with E-state index in [4.69, 9.17) is 21.9 Å². The van der Waals surface area contributed by atoms with E-state index in [2.05, 4.69) is 5.16 Å². The third-order valence-electron chi connectivity index (χ3n) is 2.73. The topological polar surface area (TPSA) is 52.0 Å². The molecule has 1 unspecified atom stereocenters. The Morgan fingerprint density at radius 3 is 2.61 bits per heavy atom. The minimum Gasteiger partial charge on any atom is -0.359 e. The van der Waals surface area contributed by atoms with E-state index in [0.29, 0.717) is 22.0 Å². The largest absolute Gasteiger partial charge is 0.359 e. The van der Waals surface area contributed by atoms with Crippen molar-refractivity contribution in [2.45, 2.75) is 19.9 Å². The Labute approximate surface area is 110 Å². The van der Waals surface area contributed by atoms with E-state index in [1.54, 1.807) is 12.1 Å². The zero-order chi connectivity index (χ0) is 13.3. The van der Waals surface area contributed by atoms with E-state index in [0.717, 1.165) is 0 Å². The van der Waals surface area contributed by atoms with Gasteiger partial charge in [0.25, 0.3) is 0 Å². The molecule has 0 saturated heterocycles. The lowest BCUT2D eigenvalue weighted by Crippen LogP contribution is -2.15. The minimum atomic E-state index is -0.407. The highest BCUT2D eigenvalue weighted by atomic mass is 35.5. The fourth-order valence-electron chi connectivity index (χ4n) is 1.61. The Kier molecular flexibility index (Phi) is 3.68. The fourth-order valence-corrected chi connectivity index (χ4v) is 1.83. The van der Waals surface area contributed by atoms with Gasteiger partial charge in [0.1, 0.15) is 11.5 Å². The molecule has 2 rings (SSSR count). The van der Waals surface area contributed by atoms with Gasteiger partial charge in [-0.2, -0.15) is 0 Å². The monoisotopic (exact) mass is 268 g/mol. The summed E-state index contributed by atoms with van der Waals surface area (Å²) in [6, 6.07) is 5.72. The van der Waals surface area contributed by atoms with Gasteiger partial charge in [-0.3, -0.25) is 0 Å². The molecule has 5 heteroatoms. The molecule has 1 atom stereocenters. The maximum atomic E-state index is 13.2. The van der Waals surface area contributed by atoms with Crippen LogP contribution in [0.25, 0.3) is 11.3 Å². The molecule has 1 heterocycles. The fraction of sp³-hybridized carbons (Fsp3) is 0.308. The molecular weight excluding hydrogens is 255 g/mol. The Balaban J connectivity index is 2.35. The molecule has 0 aliphatic carbocycles. The van der Waals surface area contributed by atoms with Gasteiger partial charge < -0.3 is 10.3 Å². The first-order chi connectivity index (χ1) is 8.47. The van der Waals surface area contributed by atoms with Crippen LogP contribution in [0.2, 0.25) is 5.02 Å². The molecule has 0 fully saturated rings. The van der Waals surface area contributed by atoms with Crippen LogP contribution in [0.5, 0.6) is 0 Å². The molecule has 0 bridgehead atoms. The van der Waals surface area contributed by atoms with E-state index in [1.807, 2.05) is 13.8 Å². The van der Waals surface area contributed by atoms with Crippen LogP contribution in [0.3, 0.4) is 0 Å². The van der Waals surface area contributed by atoms with Crippen molar-refractivity contribution in [1.29, 1.82) is 0 Å². The summed E-state index contributed by atoms with van der Waals surface area (Å²) in [5.74, 6) is 0.414. The second-order valence-corrected chi connectivity index (χ2v) is 4.98. The predicted octanol–water partition coefficient (Wildman–Crippen LogP) is 3.79. The van der Waals surface area contributed by atoms with Gasteiger partial charge in [0.15, 0.2) is 5.76 Å². The Bertz CT molecular complexity index is 533. The maximum absolute atomic E-state index is 13.2. The first-order valence-electron chi connectivity index (χ1n) is 5.66. The molecular formula is C13H14ClFN2O. The van der Waals surface area contributed by atoms with E-state index < -0.39 is 5.82 Å². The van der Waals surface area contributed by atoms with Crippen molar-refractivity contribution in [3.63, 3.8) is 0 Å². The lowest BCUT2D eigenvalue weighted by molar-refractivity contribution is 0.333. The zero-order valence-corrected chi connectivity index (χ0v) is 10.9. The number of rotatable bonds is 3. The van der Waals surface area contributed by atoms with Crippen LogP contribution in [0.1, 0.15) is 25.6 Å². The minimum absolute atomic E-state index is 0.227. The summed E-state index contributed by atoms with van der Waals surface area (Å²) in [6.45, 7) is 3.98. The summed E-state index contributed by atoms with van der Waals surface area (Å²) in [5.41, 5.74) is 7.06. The lowest BCUT2D eigenvalue weighted by atomic mass is 10.0. The van der Waals surface area contributed by atoms with E-state index in [9.17, 15) is 4.39 Å². The van der Waals surface area contributed by atoms with Gasteiger partial charge in [-0.1, -0.05) is 30.6 Å². The molecule has 0 spiro atoms. The molecule has 18 heavy (non-hydrogen) atoms. The average molecular weight is 269 g/mol. The second-order valence-electron chi connectivity index (χ2n) is 4.54. The van der Waals surface area contributed by atoms with Gasteiger partial charge in [-0.25, -0.2) is 4.39 Å². The average Bonchev–Trinajstić information content (AvgIpc) is 2.75. The number of aromatic nitrogens is 1. The van der Waals surface area contributed by atoms with Gasteiger partial charge >= 0.3 is 0 Å². The normalized spacial score (nSPS) is 13.0. The van der Waals surface area contributed by atoms with E-state index in [1.165, 1.54) is 12.1 Å². The molecule has 0 amide bonds. The molecule has 0 aliphatic rings. The summed E-state index contributed by atoms with van der Waals surface area (Å²) < 4.78 is 18.4. The number of hydrogen-bond donors (Lipinski definition) is 1. The standard InChI is InChI=1S/C13H14ClFN2O/c1-7(2)13(16)12-6-11(17-18-12)8-3-9(14)5-10(15)4-8/h3-7,13H,16H2,1-2H3. The van der Waals surface area contributed by atoms with Crippen molar-refractivity contribution in [3.8, 4) is 11.3 Å². The van der Waals surface area contributed by atoms with E-state index in [-0.39, 0.29) is 12.0 Å². The highest BCUT2D eigenvalue weighted by Gasteiger charge is 2.17. The van der Waals surface area contributed by atoms with Crippen molar-refractivity contribution in [3.05, 3.63) is 40.9 Å². The first kappa shape index (κ1) is 13.1. The molecule has 3 nitrogen and oxygen atoms in total. The Morgan fingerprint density at radius 2 is 2.00 bits per heavy atom. The molecule has 2 aromatic rings. The highest BCUT2D eigenvalue weighted by Crippen LogP contribution is 2.27. The molecule has 0 aliphatic heterocycles. The number of hydrogen-bond acceptors (Lipinski definition) is 3. The summed E-state index contributed by atoms with van der Waals surface area (Å²) in [7, 11) is 0. The summed E-state index contributed by atoms with van der Waals surface area (Å²) >= 11 is 5.80. The molecule has 0 radical (unpaired) electrons. The van der Waals surface area contributed by atoms with Crippen molar-refractivity contribution < 1.29 is 8.91 Å². The number of halogens is 2. The van der Waals surface area contributed by atoms with Crippen LogP contribution >= 0.6 is 11.6 Å². The van der Waals surface area contributed by atoms with Gasteiger partial charge in [0.05, 0.1) is 6.04 Å². The van der Waals surface area contributed by atoms with Gasteiger partial charge in [-0.15, -0.1) is 0 Å². The SMILES string of the molecule is CC(C)C(N)c1cc(-c2cc(F)cc(Cl)c2)no1. The third-order valence-corrected chi connectivity index (χ3v) is 2.95. The van der Waals surface area contributed by atoms with E-state index >= 15 is 0 Å². The molecule has 2 N–H and O–H groups in total. The lowest BCUT2D eigenvalue weighted by Gasteiger charge is -2.10. The van der Waals surface area contributed by atoms with Crippen LogP contribution in [0, 0.1) is 11.7 Å². The number of nitrogens with two attached hydrogens (primary N) is 1. The number of nitrogens with zero attached hydrogens (tertiary/aromatic N) is 1. The highest BCUT2D eigenvalue weighted by molar-refractivity contribution is 6.30. The van der Waals surface area contributed by atoms with Crippen molar-refractivity contribution in [1.82, 2.24) is 5.16 Å². The van der Waals surface area contributed by atoms with Gasteiger partial charge in [0.2, 0.25) is 0 Å². The van der Waals surface area contributed by atoms with Crippen LogP contribution in [-0.2, 0) is 0 Å². The maximum Gasteiger partial charge on any atom is 0.154 e. The van der Waals surface area contributed by atoms with Gasteiger partial charge in [0, 0.05) is 16.7 Å². The van der Waals surface area contributed by atoms with Crippen LogP contribution in [-0.4, -0.2) is 5.16 Å². The summed E-state index contributed by atoms with van der Waals surface area (Å²) in [5, 5.41) is 4.21. The Morgan fingerprint density at radius 1 is 1.28 bits per heavy atom. The second kappa shape index (κ2) is 5.08.